The van der Waals surface area contributed by atoms with Crippen molar-refractivity contribution in [1.82, 2.24) is 15.0 Å². The van der Waals surface area contributed by atoms with Crippen molar-refractivity contribution >= 4 is 0 Å². The van der Waals surface area contributed by atoms with Gasteiger partial charge in [-0.25, -0.2) is 4.68 Å². The predicted molar refractivity (Wildman–Crippen MR) is 45.6 cm³/mol. The number of nitrogens with two attached hydrogens (primary N) is 1. The maximum Gasteiger partial charge on any atom is 0.182 e. The Kier molecular flexibility index (Phi) is 1.99. The summed E-state index contributed by atoms with van der Waals surface area (Å²) in [4.78, 5) is 0. The molecule has 1 aromatic heterocycles. The topological polar surface area (TPSA) is 80.5 Å². The maximum absolute atomic E-state index is 8.56. The van der Waals surface area contributed by atoms with E-state index in [1.54, 1.807) is 10.9 Å². The summed E-state index contributed by atoms with van der Waals surface area (Å²) in [7, 11) is 0. The van der Waals surface area contributed by atoms with Gasteiger partial charge in [0.25, 0.3) is 0 Å². The number of hydrogen-bond acceptors (Lipinski definition) is 4. The highest BCUT2D eigenvalue weighted by atomic mass is 15.4. The van der Waals surface area contributed by atoms with Crippen LogP contribution in [0.5, 0.6) is 0 Å². The van der Waals surface area contributed by atoms with E-state index in [2.05, 4.69) is 10.3 Å². The Morgan fingerprint density at radius 3 is 3.00 bits per heavy atom. The van der Waals surface area contributed by atoms with Crippen molar-refractivity contribution in [1.29, 1.82) is 5.26 Å². The summed E-state index contributed by atoms with van der Waals surface area (Å²) in [6.45, 7) is 0. The summed E-state index contributed by atoms with van der Waals surface area (Å²) in [5, 5.41) is 16.2. The summed E-state index contributed by atoms with van der Waals surface area (Å²) in [6.07, 6.45) is 4.69. The molecule has 1 heterocycles. The maximum atomic E-state index is 8.56. The lowest BCUT2D eigenvalue weighted by Gasteiger charge is -2.07. The van der Waals surface area contributed by atoms with E-state index < -0.39 is 0 Å². The minimum Gasteiger partial charge on any atom is -0.328 e. The van der Waals surface area contributed by atoms with Gasteiger partial charge in [0.15, 0.2) is 5.69 Å². The van der Waals surface area contributed by atoms with Crippen molar-refractivity contribution < 1.29 is 0 Å². The van der Waals surface area contributed by atoms with E-state index >= 15 is 0 Å². The van der Waals surface area contributed by atoms with E-state index in [1.807, 2.05) is 6.07 Å². The molecule has 13 heavy (non-hydrogen) atoms. The van der Waals surface area contributed by atoms with Gasteiger partial charge in [-0.1, -0.05) is 5.21 Å². The van der Waals surface area contributed by atoms with Gasteiger partial charge in [-0.05, 0) is 19.3 Å². The summed E-state index contributed by atoms with van der Waals surface area (Å²) in [5.74, 6) is 0. The van der Waals surface area contributed by atoms with Gasteiger partial charge in [-0.2, -0.15) is 5.26 Å². The Labute approximate surface area is 76.1 Å². The highest BCUT2D eigenvalue weighted by Crippen LogP contribution is 2.27. The zero-order valence-electron chi connectivity index (χ0n) is 7.22. The van der Waals surface area contributed by atoms with E-state index in [9.17, 15) is 0 Å². The van der Waals surface area contributed by atoms with Crippen LogP contribution in [-0.2, 0) is 0 Å². The number of aromatic nitrogens is 3. The van der Waals surface area contributed by atoms with Gasteiger partial charge >= 0.3 is 0 Å². The van der Waals surface area contributed by atoms with E-state index in [-0.39, 0.29) is 6.04 Å². The number of nitriles is 1. The fourth-order valence-electron chi connectivity index (χ4n) is 1.74. The van der Waals surface area contributed by atoms with Crippen LogP contribution < -0.4 is 5.73 Å². The van der Waals surface area contributed by atoms with Crippen LogP contribution in [0.15, 0.2) is 6.20 Å². The van der Waals surface area contributed by atoms with Crippen LogP contribution in [0.3, 0.4) is 0 Å². The van der Waals surface area contributed by atoms with E-state index in [0.29, 0.717) is 11.7 Å². The molecule has 2 N–H and O–H groups in total. The average molecular weight is 177 g/mol. The predicted octanol–water partition coefficient (Wildman–Crippen LogP) is 0.202. The van der Waals surface area contributed by atoms with Gasteiger partial charge in [0.1, 0.15) is 6.07 Å². The van der Waals surface area contributed by atoms with Crippen molar-refractivity contribution in [3.63, 3.8) is 0 Å². The molecule has 5 heteroatoms. The fraction of sp³-hybridized carbons (Fsp3) is 0.625. The molecule has 2 atom stereocenters. The van der Waals surface area contributed by atoms with Crippen LogP contribution in [-0.4, -0.2) is 21.0 Å². The third-order valence-corrected chi connectivity index (χ3v) is 2.44. The summed E-state index contributed by atoms with van der Waals surface area (Å²) in [5.41, 5.74) is 6.15. The molecule has 0 aromatic carbocycles. The smallest absolute Gasteiger partial charge is 0.182 e. The minimum atomic E-state index is 0.278. The molecule has 5 nitrogen and oxygen atoms in total. The molecule has 1 fully saturated rings. The molecule has 1 aromatic rings. The Morgan fingerprint density at radius 1 is 1.62 bits per heavy atom. The monoisotopic (exact) mass is 177 g/mol. The first-order valence-corrected chi connectivity index (χ1v) is 4.37. The van der Waals surface area contributed by atoms with Crippen LogP contribution >= 0.6 is 0 Å². The summed E-state index contributed by atoms with van der Waals surface area (Å²) in [6, 6.07) is 2.57. The molecule has 2 rings (SSSR count). The average Bonchev–Trinajstić information content (AvgIpc) is 2.71. The van der Waals surface area contributed by atoms with Gasteiger partial charge in [-0.3, -0.25) is 0 Å². The number of hydrogen-bond donors (Lipinski definition) is 1. The largest absolute Gasteiger partial charge is 0.328 e. The Hall–Kier alpha value is -1.41. The quantitative estimate of drug-likeness (QED) is 0.664. The van der Waals surface area contributed by atoms with E-state index in [4.69, 9.17) is 11.0 Å². The number of rotatable bonds is 1. The Bertz CT molecular complexity index is 337. The fourth-order valence-corrected chi connectivity index (χ4v) is 1.74. The van der Waals surface area contributed by atoms with Crippen LogP contribution in [0, 0.1) is 11.3 Å². The standard InChI is InChI=1S/C8H11N5/c9-4-7-5-13(12-11-7)8-2-1-6(10)3-8/h5-6,8H,1-3,10H2. The molecule has 0 aliphatic heterocycles. The SMILES string of the molecule is N#Cc1cn(C2CCC(N)C2)nn1. The van der Waals surface area contributed by atoms with Crippen molar-refractivity contribution in [3.8, 4) is 6.07 Å². The number of nitrogens with zero attached hydrogens (tertiary/aromatic N) is 4. The molecule has 1 saturated carbocycles. The minimum absolute atomic E-state index is 0.278. The lowest BCUT2D eigenvalue weighted by molar-refractivity contribution is 0.448. The third-order valence-electron chi connectivity index (χ3n) is 2.44. The molecule has 0 saturated heterocycles. The lowest BCUT2D eigenvalue weighted by Crippen LogP contribution is -2.16. The molecule has 0 bridgehead atoms. The molecular formula is C8H11N5. The van der Waals surface area contributed by atoms with Crippen molar-refractivity contribution in [2.45, 2.75) is 31.3 Å². The van der Waals surface area contributed by atoms with Crippen LogP contribution in [0.4, 0.5) is 0 Å². The van der Waals surface area contributed by atoms with Crippen molar-refractivity contribution in [2.75, 3.05) is 0 Å². The second-order valence-corrected chi connectivity index (χ2v) is 3.42. The summed E-state index contributed by atoms with van der Waals surface area (Å²) < 4.78 is 1.76. The highest BCUT2D eigenvalue weighted by Gasteiger charge is 2.23. The van der Waals surface area contributed by atoms with Gasteiger partial charge in [-0.15, -0.1) is 5.10 Å². The van der Waals surface area contributed by atoms with Crippen LogP contribution in [0.1, 0.15) is 31.0 Å². The molecular weight excluding hydrogens is 166 g/mol. The lowest BCUT2D eigenvalue weighted by atomic mass is 10.2. The second kappa shape index (κ2) is 3.15. The van der Waals surface area contributed by atoms with Crippen molar-refractivity contribution in [2.24, 2.45) is 5.73 Å². The van der Waals surface area contributed by atoms with Gasteiger partial charge in [0.05, 0.1) is 12.2 Å². The molecule has 2 unspecified atom stereocenters. The Balaban J connectivity index is 2.13. The van der Waals surface area contributed by atoms with Crippen LogP contribution in [0.25, 0.3) is 0 Å². The molecule has 1 aliphatic rings. The molecule has 1 aliphatic carbocycles. The van der Waals surface area contributed by atoms with Gasteiger partial charge < -0.3 is 5.73 Å². The first kappa shape index (κ1) is 8.20. The van der Waals surface area contributed by atoms with Crippen molar-refractivity contribution in [3.05, 3.63) is 11.9 Å². The van der Waals surface area contributed by atoms with Gasteiger partial charge in [0, 0.05) is 6.04 Å². The first-order valence-electron chi connectivity index (χ1n) is 4.37. The zero-order chi connectivity index (χ0) is 9.26. The Morgan fingerprint density at radius 2 is 2.46 bits per heavy atom. The zero-order valence-corrected chi connectivity index (χ0v) is 7.22. The second-order valence-electron chi connectivity index (χ2n) is 3.42. The third kappa shape index (κ3) is 1.53. The molecule has 68 valence electrons. The molecule has 0 radical (unpaired) electrons. The van der Waals surface area contributed by atoms with Gasteiger partial charge in [0.2, 0.25) is 0 Å². The van der Waals surface area contributed by atoms with Crippen LogP contribution in [0.2, 0.25) is 0 Å². The summed E-state index contributed by atoms with van der Waals surface area (Å²) >= 11 is 0. The highest BCUT2D eigenvalue weighted by molar-refractivity contribution is 5.13. The van der Waals surface area contributed by atoms with E-state index in [0.717, 1.165) is 19.3 Å². The molecule has 0 amide bonds. The first-order chi connectivity index (χ1) is 6.29. The normalized spacial score (nSPS) is 27.4. The van der Waals surface area contributed by atoms with E-state index in [1.165, 1.54) is 0 Å². The molecule has 0 spiro atoms.